The molecule has 7 heteroatoms. The predicted molar refractivity (Wildman–Crippen MR) is 94.0 cm³/mol. The maximum Gasteiger partial charge on any atom is 0.343 e. The molecule has 0 radical (unpaired) electrons. The molecule has 0 fully saturated rings. The molecule has 0 aromatic heterocycles. The van der Waals surface area contributed by atoms with Gasteiger partial charge in [-0.3, -0.25) is 4.84 Å². The summed E-state index contributed by atoms with van der Waals surface area (Å²) in [6.07, 6.45) is 0. The van der Waals surface area contributed by atoms with E-state index < -0.39 is 16.0 Å². The Hall–Kier alpha value is -2.22. The van der Waals surface area contributed by atoms with E-state index in [4.69, 9.17) is 9.57 Å². The maximum atomic E-state index is 12.5. The molecule has 0 unspecified atom stereocenters. The van der Waals surface area contributed by atoms with Crippen molar-refractivity contribution in [3.05, 3.63) is 58.7 Å². The minimum atomic E-state index is -3.84. The van der Waals surface area contributed by atoms with Crippen LogP contribution in [0, 0.1) is 20.8 Å². The van der Waals surface area contributed by atoms with Crippen LogP contribution in [0.2, 0.25) is 0 Å². The number of carbonyl (C=O) groups excluding carboxylic acids is 1. The molecule has 0 aliphatic heterocycles. The highest BCUT2D eigenvalue weighted by molar-refractivity contribution is 7.89. The molecule has 2 aromatic carbocycles. The molecule has 0 saturated carbocycles. The van der Waals surface area contributed by atoms with Crippen molar-refractivity contribution in [3.63, 3.8) is 0 Å². The number of esters is 1. The van der Waals surface area contributed by atoms with Gasteiger partial charge >= 0.3 is 5.97 Å². The highest BCUT2D eigenvalue weighted by atomic mass is 32.2. The molecular formula is C18H21NO5S. The Balaban J connectivity index is 2.37. The summed E-state index contributed by atoms with van der Waals surface area (Å²) in [6, 6.07) is 9.49. The van der Waals surface area contributed by atoms with Crippen LogP contribution >= 0.6 is 0 Å². The largest absolute Gasteiger partial charge is 0.422 e. The first kappa shape index (κ1) is 19.1. The normalized spacial score (nSPS) is 11.6. The molecule has 0 aliphatic rings. The number of hydrogen-bond acceptors (Lipinski definition) is 5. The Morgan fingerprint density at radius 2 is 1.68 bits per heavy atom. The Morgan fingerprint density at radius 3 is 2.32 bits per heavy atom. The number of hydroxylamine groups is 1. The minimum Gasteiger partial charge on any atom is -0.422 e. The lowest BCUT2D eigenvalue weighted by atomic mass is 10.1. The van der Waals surface area contributed by atoms with Crippen molar-refractivity contribution >= 4 is 16.0 Å². The van der Waals surface area contributed by atoms with Crippen molar-refractivity contribution in [1.29, 1.82) is 0 Å². The van der Waals surface area contributed by atoms with Gasteiger partial charge < -0.3 is 4.74 Å². The lowest BCUT2D eigenvalue weighted by Gasteiger charge is -2.15. The zero-order chi connectivity index (χ0) is 18.8. The zero-order valence-electron chi connectivity index (χ0n) is 14.9. The number of aryl methyl sites for hydroxylation is 2. The van der Waals surface area contributed by atoms with Crippen molar-refractivity contribution in [1.82, 2.24) is 4.47 Å². The SMILES string of the molecule is CON(C)S(=O)(=O)c1cccc(C(=O)Oc2c(C)ccc(C)c2C)c1. The van der Waals surface area contributed by atoms with E-state index in [1.165, 1.54) is 38.4 Å². The first-order valence-corrected chi connectivity index (χ1v) is 9.04. The Morgan fingerprint density at radius 1 is 1.04 bits per heavy atom. The van der Waals surface area contributed by atoms with E-state index in [1.807, 2.05) is 32.9 Å². The second-order valence-electron chi connectivity index (χ2n) is 5.67. The third kappa shape index (κ3) is 3.89. The monoisotopic (exact) mass is 363 g/mol. The van der Waals surface area contributed by atoms with Gasteiger partial charge in [0.05, 0.1) is 17.6 Å². The smallest absolute Gasteiger partial charge is 0.343 e. The Kier molecular flexibility index (Phi) is 5.62. The molecular weight excluding hydrogens is 342 g/mol. The van der Waals surface area contributed by atoms with E-state index in [9.17, 15) is 13.2 Å². The van der Waals surface area contributed by atoms with Gasteiger partial charge in [0.15, 0.2) is 0 Å². The van der Waals surface area contributed by atoms with Gasteiger partial charge in [-0.05, 0) is 55.7 Å². The number of benzene rings is 2. The molecule has 2 aromatic rings. The summed E-state index contributed by atoms with van der Waals surface area (Å²) in [5, 5.41) is 0. The van der Waals surface area contributed by atoms with Gasteiger partial charge in [0.1, 0.15) is 5.75 Å². The van der Waals surface area contributed by atoms with Gasteiger partial charge in [-0.2, -0.15) is 0 Å². The first-order valence-electron chi connectivity index (χ1n) is 7.60. The van der Waals surface area contributed by atoms with E-state index in [2.05, 4.69) is 0 Å². The predicted octanol–water partition coefficient (Wildman–Crippen LogP) is 3.01. The van der Waals surface area contributed by atoms with Gasteiger partial charge in [-0.25, -0.2) is 13.2 Å². The first-order chi connectivity index (χ1) is 11.7. The fraction of sp³-hybridized carbons (Fsp3) is 0.278. The number of carbonyl (C=O) groups is 1. The minimum absolute atomic E-state index is 0.0519. The molecule has 0 aliphatic carbocycles. The summed E-state index contributed by atoms with van der Waals surface area (Å²) in [7, 11) is -1.31. The van der Waals surface area contributed by atoms with Crippen LogP contribution in [0.15, 0.2) is 41.3 Å². The van der Waals surface area contributed by atoms with E-state index in [0.717, 1.165) is 21.2 Å². The Bertz CT molecular complexity index is 906. The molecule has 2 rings (SSSR count). The molecule has 0 N–H and O–H groups in total. The average molecular weight is 363 g/mol. The molecule has 0 bridgehead atoms. The number of ether oxygens (including phenoxy) is 1. The highest BCUT2D eigenvalue weighted by Crippen LogP contribution is 2.27. The van der Waals surface area contributed by atoms with E-state index in [1.54, 1.807) is 0 Å². The van der Waals surface area contributed by atoms with Gasteiger partial charge in [-0.15, -0.1) is 0 Å². The van der Waals surface area contributed by atoms with Crippen molar-refractivity contribution < 1.29 is 22.8 Å². The van der Waals surface area contributed by atoms with Gasteiger partial charge in [-0.1, -0.05) is 22.7 Å². The molecule has 0 atom stereocenters. The standard InChI is InChI=1S/C18H21NO5S/c1-12-9-10-13(2)17(14(12)3)24-18(20)15-7-6-8-16(11-15)25(21,22)19(4)23-5/h6-11H,1-5H3. The average Bonchev–Trinajstić information content (AvgIpc) is 2.61. The van der Waals surface area contributed by atoms with Crippen LogP contribution in [0.3, 0.4) is 0 Å². The summed E-state index contributed by atoms with van der Waals surface area (Å²) in [6.45, 7) is 5.66. The molecule has 0 spiro atoms. The van der Waals surface area contributed by atoms with E-state index in [0.29, 0.717) is 5.75 Å². The second-order valence-corrected chi connectivity index (χ2v) is 7.60. The fourth-order valence-corrected chi connectivity index (χ4v) is 3.28. The lowest BCUT2D eigenvalue weighted by molar-refractivity contribution is -0.0258. The number of nitrogens with zero attached hydrogens (tertiary/aromatic N) is 1. The number of sulfonamides is 1. The van der Waals surface area contributed by atoms with Crippen molar-refractivity contribution in [2.24, 2.45) is 0 Å². The summed E-state index contributed by atoms with van der Waals surface area (Å²) in [4.78, 5) is 17.2. The summed E-state index contributed by atoms with van der Waals surface area (Å²) in [5.41, 5.74) is 2.85. The van der Waals surface area contributed by atoms with E-state index in [-0.39, 0.29) is 10.5 Å². The van der Waals surface area contributed by atoms with Crippen LogP contribution < -0.4 is 4.74 Å². The zero-order valence-corrected chi connectivity index (χ0v) is 15.7. The summed E-state index contributed by atoms with van der Waals surface area (Å²) >= 11 is 0. The second kappa shape index (κ2) is 7.35. The van der Waals surface area contributed by atoms with Crippen LogP contribution in [0.1, 0.15) is 27.0 Å². The topological polar surface area (TPSA) is 72.9 Å². The lowest BCUT2D eigenvalue weighted by Crippen LogP contribution is -2.26. The maximum absolute atomic E-state index is 12.5. The van der Waals surface area contributed by atoms with Gasteiger partial charge in [0.25, 0.3) is 10.0 Å². The van der Waals surface area contributed by atoms with Crippen LogP contribution in [0.25, 0.3) is 0 Å². The Labute approximate surface area is 148 Å². The van der Waals surface area contributed by atoms with Crippen LogP contribution in [0.4, 0.5) is 0 Å². The van der Waals surface area contributed by atoms with Crippen molar-refractivity contribution in [3.8, 4) is 5.75 Å². The van der Waals surface area contributed by atoms with E-state index >= 15 is 0 Å². The summed E-state index contributed by atoms with van der Waals surface area (Å²) in [5.74, 6) is -0.124. The molecule has 25 heavy (non-hydrogen) atoms. The number of hydrogen-bond donors (Lipinski definition) is 0. The molecule has 6 nitrogen and oxygen atoms in total. The molecule has 134 valence electrons. The van der Waals surface area contributed by atoms with Crippen LogP contribution in [0.5, 0.6) is 5.75 Å². The van der Waals surface area contributed by atoms with Crippen molar-refractivity contribution in [2.75, 3.05) is 14.2 Å². The number of rotatable bonds is 5. The van der Waals surface area contributed by atoms with Gasteiger partial charge in [0.2, 0.25) is 0 Å². The van der Waals surface area contributed by atoms with Gasteiger partial charge in [0, 0.05) is 7.05 Å². The quantitative estimate of drug-likeness (QED) is 0.464. The van der Waals surface area contributed by atoms with Crippen molar-refractivity contribution in [2.45, 2.75) is 25.7 Å². The third-order valence-electron chi connectivity index (χ3n) is 4.03. The molecule has 0 saturated heterocycles. The van der Waals surface area contributed by atoms with Crippen LogP contribution in [-0.2, 0) is 14.9 Å². The highest BCUT2D eigenvalue weighted by Gasteiger charge is 2.22. The van der Waals surface area contributed by atoms with Crippen LogP contribution in [-0.4, -0.2) is 33.0 Å². The fourth-order valence-electron chi connectivity index (χ4n) is 2.26. The summed E-state index contributed by atoms with van der Waals surface area (Å²) < 4.78 is 30.8. The third-order valence-corrected chi connectivity index (χ3v) is 5.71. The molecule has 0 amide bonds. The molecule has 0 heterocycles.